The molecule has 0 aliphatic carbocycles. The van der Waals surface area contributed by atoms with Crippen LogP contribution in [0.4, 0.5) is 0 Å². The summed E-state index contributed by atoms with van der Waals surface area (Å²) in [6.45, 7) is 40.5. The fraction of sp³-hybridized carbons (Fsp3) is 0.296. The zero-order chi connectivity index (χ0) is 73.4. The molecule has 0 saturated carbocycles. The van der Waals surface area contributed by atoms with Gasteiger partial charge in [-0.25, -0.2) is 69.8 Å². The van der Waals surface area contributed by atoms with Gasteiger partial charge in [-0.3, -0.25) is 39.9 Å². The first-order valence-corrected chi connectivity index (χ1v) is 30.7. The van der Waals surface area contributed by atoms with Crippen molar-refractivity contribution in [3.05, 3.63) is 299 Å². The van der Waals surface area contributed by atoms with Crippen LogP contribution in [-0.2, 0) is 0 Å². The molecule has 0 N–H and O–H groups in total. The topological polar surface area (TPSA) is 361 Å². The summed E-state index contributed by atoms with van der Waals surface area (Å²) in [5.74, 6) is 3.14. The van der Waals surface area contributed by atoms with Crippen molar-refractivity contribution in [1.29, 1.82) is 0 Å². The Morgan fingerprint density at radius 2 is 0.646 bits per heavy atom. The Balaban J connectivity index is 0.000000536. The van der Waals surface area contributed by atoms with E-state index in [1.54, 1.807) is 99.4 Å². The minimum absolute atomic E-state index is 0.759. The lowest BCUT2D eigenvalue weighted by Gasteiger charge is -1.91. The lowest BCUT2D eigenvalue weighted by Crippen LogP contribution is -1.91. The Kier molecular flexibility index (Phi) is 45.6. The van der Waals surface area contributed by atoms with Crippen molar-refractivity contribution in [2.45, 2.75) is 145 Å². The molecule has 13 heterocycles. The van der Waals surface area contributed by atoms with E-state index in [4.69, 9.17) is 0 Å². The smallest absolute Gasteiger partial charge is 0.129 e. The van der Waals surface area contributed by atoms with Crippen molar-refractivity contribution >= 4 is 0 Å². The van der Waals surface area contributed by atoms with E-state index >= 15 is 0 Å². The van der Waals surface area contributed by atoms with Crippen molar-refractivity contribution in [2.24, 2.45) is 0 Å². The lowest BCUT2D eigenvalue weighted by molar-refractivity contribution is 0.920. The molecule has 99 heavy (non-hydrogen) atoms. The van der Waals surface area contributed by atoms with Gasteiger partial charge in [0, 0.05) is 117 Å². The molecule has 0 spiro atoms. The number of aryl methyl sites for hydroxylation is 21. The number of hydrogen-bond acceptors (Lipinski definition) is 28. The molecule has 0 atom stereocenters. The second-order valence-corrected chi connectivity index (χ2v) is 20.8. The van der Waals surface area contributed by atoms with Gasteiger partial charge in [0.15, 0.2) is 0 Å². The maximum Gasteiger partial charge on any atom is 0.129 e. The van der Waals surface area contributed by atoms with Crippen molar-refractivity contribution in [1.82, 2.24) is 140 Å². The Hall–Kier alpha value is -12.1. The Morgan fingerprint density at radius 1 is 0.202 bits per heavy atom. The summed E-state index contributed by atoms with van der Waals surface area (Å²) in [5, 5.41) is 22.3. The van der Waals surface area contributed by atoms with Crippen LogP contribution >= 0.6 is 0 Å². The molecular formula is C71H92N28. The number of hydrogen-bond donors (Lipinski definition) is 0. The minimum Gasteiger partial charge on any atom is -0.261 e. The zero-order valence-electron chi connectivity index (χ0n) is 60.8. The van der Waals surface area contributed by atoms with Crippen molar-refractivity contribution < 1.29 is 0 Å². The van der Waals surface area contributed by atoms with Crippen LogP contribution in [0.5, 0.6) is 0 Å². The molecule has 0 radical (unpaired) electrons. The molecular weight excluding hydrogens is 1240 g/mol. The second-order valence-electron chi connectivity index (χ2n) is 20.8. The van der Waals surface area contributed by atoms with Gasteiger partial charge in [-0.15, -0.1) is 0 Å². The maximum absolute atomic E-state index is 4.11. The maximum atomic E-state index is 4.11. The van der Waals surface area contributed by atoms with Gasteiger partial charge in [0.05, 0.1) is 63.1 Å². The molecule has 0 saturated heterocycles. The minimum atomic E-state index is 0.759. The molecule has 0 aliphatic rings. The van der Waals surface area contributed by atoms with Gasteiger partial charge in [0.2, 0.25) is 0 Å². The number of rotatable bonds is 0. The van der Waals surface area contributed by atoms with Crippen LogP contribution < -0.4 is 0 Å². The van der Waals surface area contributed by atoms with E-state index in [0.29, 0.717) is 0 Å². The molecule has 0 aliphatic heterocycles. The second kappa shape index (κ2) is 53.2. The third kappa shape index (κ3) is 49.2. The van der Waals surface area contributed by atoms with Gasteiger partial charge < -0.3 is 0 Å². The normalized spacial score (nSPS) is 9.06. The van der Waals surface area contributed by atoms with Gasteiger partial charge in [0.25, 0.3) is 0 Å². The molecule has 28 heteroatoms. The fourth-order valence-electron chi connectivity index (χ4n) is 5.63. The van der Waals surface area contributed by atoms with Gasteiger partial charge in [0.1, 0.15) is 61.3 Å². The summed E-state index contributed by atoms with van der Waals surface area (Å²) in [5.41, 5.74) is 17.5. The van der Waals surface area contributed by atoms with Gasteiger partial charge in [-0.05, 0) is 204 Å². The van der Waals surface area contributed by atoms with Gasteiger partial charge >= 0.3 is 0 Å². The molecule has 0 amide bonds. The largest absolute Gasteiger partial charge is 0.261 e. The quantitative estimate of drug-likeness (QED) is 0.136. The van der Waals surface area contributed by atoms with Crippen LogP contribution in [0.2, 0.25) is 0 Å². The monoisotopic (exact) mass is 1340 g/mol. The van der Waals surface area contributed by atoms with E-state index in [0.717, 1.165) is 119 Å². The first kappa shape index (κ1) is 84.9. The third-order valence-corrected chi connectivity index (χ3v) is 11.3. The summed E-state index contributed by atoms with van der Waals surface area (Å²) in [7, 11) is 0. The predicted octanol–water partition coefficient (Wildman–Crippen LogP) is 11.5. The Labute approximate surface area is 582 Å². The molecule has 0 fully saturated rings. The van der Waals surface area contributed by atoms with E-state index in [1.165, 1.54) is 25.3 Å². The van der Waals surface area contributed by atoms with Crippen LogP contribution in [0, 0.1) is 145 Å². The molecule has 0 bridgehead atoms. The first-order valence-electron chi connectivity index (χ1n) is 30.7. The lowest BCUT2D eigenvalue weighted by atomic mass is 10.3. The summed E-state index contributed by atoms with van der Waals surface area (Å²) in [6, 6.07) is 9.58. The highest BCUT2D eigenvalue weighted by Gasteiger charge is 1.91. The predicted molar refractivity (Wildman–Crippen MR) is 381 cm³/mol. The molecule has 0 aromatic carbocycles. The molecule has 516 valence electrons. The van der Waals surface area contributed by atoms with Crippen LogP contribution in [0.3, 0.4) is 0 Å². The zero-order valence-corrected chi connectivity index (χ0v) is 60.8. The van der Waals surface area contributed by atoms with Crippen molar-refractivity contribution in [3.8, 4) is 0 Å². The average Bonchev–Trinajstić information content (AvgIpc) is 2.16. The van der Waals surface area contributed by atoms with Gasteiger partial charge in [-0.2, -0.15) is 30.6 Å². The van der Waals surface area contributed by atoms with E-state index in [9.17, 15) is 0 Å². The summed E-state index contributed by atoms with van der Waals surface area (Å²) in [6.07, 6.45) is 40.4. The summed E-state index contributed by atoms with van der Waals surface area (Å²) >= 11 is 0. The van der Waals surface area contributed by atoms with Crippen molar-refractivity contribution in [2.75, 3.05) is 0 Å². The number of aromatic nitrogens is 28. The van der Waals surface area contributed by atoms with Gasteiger partial charge in [-0.1, -0.05) is 0 Å². The number of nitrogens with zero attached hydrogens (tertiary/aromatic N) is 28. The molecule has 13 aromatic rings. The van der Waals surface area contributed by atoms with E-state index < -0.39 is 0 Å². The Morgan fingerprint density at radius 3 is 0.909 bits per heavy atom. The molecule has 13 aromatic heterocycles. The molecule has 0 unspecified atom stereocenters. The van der Waals surface area contributed by atoms with Crippen molar-refractivity contribution in [3.63, 3.8) is 0 Å². The summed E-state index contributed by atoms with van der Waals surface area (Å²) < 4.78 is 0. The van der Waals surface area contributed by atoms with Crippen LogP contribution in [0.1, 0.15) is 119 Å². The summed E-state index contributed by atoms with van der Waals surface area (Å²) in [4.78, 5) is 85.6. The Bertz CT molecular complexity index is 3450. The fourth-order valence-corrected chi connectivity index (χ4v) is 5.63. The van der Waals surface area contributed by atoms with E-state index in [-0.39, 0.29) is 0 Å². The highest BCUT2D eigenvalue weighted by Crippen LogP contribution is 1.99. The first-order chi connectivity index (χ1) is 47.3. The van der Waals surface area contributed by atoms with Crippen LogP contribution in [0.15, 0.2) is 180 Å². The average molecular weight is 1340 g/mol. The SMILES string of the molecule is Cc1ccc(C)nn1.Cc1cccnn1.Cc1ccnnc1.Cc1cnc(C)cn1.Cc1cnc(C)nc1.Cc1cncc(C)n1.Cc1cnccn1.Cc1cncnc1.Cc1cncnc1C.Cc1cncnc1C.Cc1nccnc1C.Cc1ncnc(C)n1.Cc1ncncn1. The van der Waals surface area contributed by atoms with Crippen LogP contribution in [-0.4, -0.2) is 140 Å². The molecule has 28 nitrogen and oxygen atoms in total. The van der Waals surface area contributed by atoms with E-state index in [2.05, 4.69) is 140 Å². The highest BCUT2D eigenvalue weighted by molar-refractivity contribution is 5.12. The highest BCUT2D eigenvalue weighted by atomic mass is 15.1. The van der Waals surface area contributed by atoms with Crippen LogP contribution in [0.25, 0.3) is 0 Å². The van der Waals surface area contributed by atoms with E-state index in [1.807, 2.05) is 201 Å². The molecule has 13 rings (SSSR count). The standard InChI is InChI=1S/7C6H8N2.C5H7N3.4C5H6N2.C4H5N3/c2*1-5-3-7-4-8-6(5)2;1-5-3-8-6(2)4-7-5;1-5-3-7-4-6(2)8-5;1-5-3-7-6(2)8-4-5;1-5-6(2)8-4-3-7-5;1-5-3-4-6(2)8-7-5;1-4-6-3-7-5(2)8-4;1-5-2-6-4-7-3-5;1-5-4-6-2-3-7-5;1-5-2-3-6-7-4-5;1-5-3-2-4-6-7-5;1-4-6-2-5-3-7-4/h7*3-4H,1-2H3;3H,1-2H3;4*2-4H,1H3;2-3H,1H3. The third-order valence-electron chi connectivity index (χ3n) is 11.3.